The Morgan fingerprint density at radius 2 is 0.733 bits per heavy atom. The second-order valence-corrected chi connectivity index (χ2v) is 25.7. The lowest BCUT2D eigenvalue weighted by atomic mass is 10.0. The fourth-order valence-corrected chi connectivity index (χ4v) is 11.0. The molecule has 75 heavy (non-hydrogen) atoms. The molecule has 0 aromatic heterocycles. The Hall–Kier alpha value is -1.02. The Balaban J connectivity index is 4.03. The third-order valence-electron chi connectivity index (χ3n) is 15.4. The van der Waals surface area contributed by atoms with Gasteiger partial charge in [0.2, 0.25) is 5.91 Å². The van der Waals surface area contributed by atoms with Gasteiger partial charge in [-0.3, -0.25) is 13.8 Å². The zero-order valence-corrected chi connectivity index (χ0v) is 52.0. The molecular weight excluding hydrogens is 948 g/mol. The number of rotatable bonds is 62. The maximum Gasteiger partial charge on any atom is 0.472 e. The van der Waals surface area contributed by atoms with Crippen LogP contribution in [0.2, 0.25) is 0 Å². The molecule has 0 rings (SSSR count). The van der Waals surface area contributed by atoms with Crippen LogP contribution in [-0.2, 0) is 18.4 Å². The van der Waals surface area contributed by atoms with Gasteiger partial charge in [-0.1, -0.05) is 327 Å². The molecule has 0 aliphatic carbocycles. The highest BCUT2D eigenvalue weighted by atomic mass is 31.2. The zero-order valence-electron chi connectivity index (χ0n) is 51.1. The maximum absolute atomic E-state index is 13.0. The average molecular weight is 1080 g/mol. The molecule has 0 heterocycles. The van der Waals surface area contributed by atoms with Crippen molar-refractivity contribution in [3.8, 4) is 0 Å². The first-order valence-electron chi connectivity index (χ1n) is 33.2. The SMILES string of the molecule is CCCCCCCCCCCCCCCC/C=C/CC/C=C/C(O)C(COP(=O)(O)OCC[N+](C)(C)C)NC(=O)CCCCCCCCCCCCCCCCCCCCCCCCCCCCCCCCCCC. The van der Waals surface area contributed by atoms with Gasteiger partial charge in [-0.05, 0) is 32.1 Å². The van der Waals surface area contributed by atoms with Crippen LogP contribution in [0.15, 0.2) is 24.3 Å². The number of aliphatic hydroxyl groups is 1. The molecule has 3 atom stereocenters. The van der Waals surface area contributed by atoms with Crippen molar-refractivity contribution in [2.24, 2.45) is 0 Å². The van der Waals surface area contributed by atoms with Crippen LogP contribution in [0, 0.1) is 0 Å². The summed E-state index contributed by atoms with van der Waals surface area (Å²) in [5, 5.41) is 14.0. The van der Waals surface area contributed by atoms with Crippen LogP contribution in [0.25, 0.3) is 0 Å². The van der Waals surface area contributed by atoms with Gasteiger partial charge in [0.05, 0.1) is 39.9 Å². The van der Waals surface area contributed by atoms with Gasteiger partial charge in [-0.15, -0.1) is 0 Å². The summed E-state index contributed by atoms with van der Waals surface area (Å²) in [6.45, 7) is 4.85. The third kappa shape index (κ3) is 60.5. The summed E-state index contributed by atoms with van der Waals surface area (Å²) in [5.74, 6) is -0.179. The number of carbonyl (C=O) groups excluding carboxylic acids is 1. The third-order valence-corrected chi connectivity index (χ3v) is 16.4. The first-order valence-corrected chi connectivity index (χ1v) is 34.7. The molecule has 0 saturated heterocycles. The van der Waals surface area contributed by atoms with E-state index in [4.69, 9.17) is 9.05 Å². The normalized spacial score (nSPS) is 13.9. The zero-order chi connectivity index (χ0) is 54.9. The minimum Gasteiger partial charge on any atom is -0.387 e. The molecule has 0 aromatic carbocycles. The van der Waals surface area contributed by atoms with Crippen molar-refractivity contribution in [1.29, 1.82) is 0 Å². The van der Waals surface area contributed by atoms with Crippen molar-refractivity contribution < 1.29 is 32.9 Å². The van der Waals surface area contributed by atoms with E-state index in [2.05, 4.69) is 31.3 Å². The average Bonchev–Trinajstić information content (AvgIpc) is 3.37. The summed E-state index contributed by atoms with van der Waals surface area (Å²) < 4.78 is 23.8. The molecule has 1 amide bonds. The number of unbranched alkanes of at least 4 members (excludes halogenated alkanes) is 47. The summed E-state index contributed by atoms with van der Waals surface area (Å²) in [6, 6.07) is -0.861. The monoisotopic (exact) mass is 1080 g/mol. The lowest BCUT2D eigenvalue weighted by Crippen LogP contribution is -2.45. The number of quaternary nitrogens is 1. The Labute approximate surface area is 468 Å². The number of aliphatic hydroxyl groups excluding tert-OH is 1. The summed E-state index contributed by atoms with van der Waals surface area (Å²) in [4.78, 5) is 23.4. The smallest absolute Gasteiger partial charge is 0.387 e. The van der Waals surface area contributed by atoms with Crippen molar-refractivity contribution in [3.63, 3.8) is 0 Å². The fourth-order valence-electron chi connectivity index (χ4n) is 10.2. The molecule has 0 bridgehead atoms. The maximum atomic E-state index is 13.0. The number of nitrogens with zero attached hydrogens (tertiary/aromatic N) is 1. The van der Waals surface area contributed by atoms with Gasteiger partial charge in [0.25, 0.3) is 0 Å². The second kappa shape index (κ2) is 57.7. The number of hydrogen-bond acceptors (Lipinski definition) is 5. The van der Waals surface area contributed by atoms with Crippen LogP contribution in [0.5, 0.6) is 0 Å². The predicted molar refractivity (Wildman–Crippen MR) is 328 cm³/mol. The lowest BCUT2D eigenvalue weighted by molar-refractivity contribution is -0.870. The first kappa shape index (κ1) is 74.0. The van der Waals surface area contributed by atoms with E-state index in [-0.39, 0.29) is 19.1 Å². The molecule has 3 unspecified atom stereocenters. The van der Waals surface area contributed by atoms with E-state index in [1.54, 1.807) is 6.08 Å². The highest BCUT2D eigenvalue weighted by molar-refractivity contribution is 7.47. The molecule has 0 aromatic rings. The Bertz CT molecular complexity index is 1270. The molecule has 9 heteroatoms. The Morgan fingerprint density at radius 3 is 1.07 bits per heavy atom. The predicted octanol–water partition coefficient (Wildman–Crippen LogP) is 20.7. The highest BCUT2D eigenvalue weighted by Crippen LogP contribution is 2.43. The van der Waals surface area contributed by atoms with E-state index in [1.165, 1.54) is 283 Å². The van der Waals surface area contributed by atoms with Crippen molar-refractivity contribution in [3.05, 3.63) is 24.3 Å². The summed E-state index contributed by atoms with van der Waals surface area (Å²) in [7, 11) is 1.57. The van der Waals surface area contributed by atoms with Gasteiger partial charge in [0, 0.05) is 6.42 Å². The van der Waals surface area contributed by atoms with E-state index >= 15 is 0 Å². The lowest BCUT2D eigenvalue weighted by Gasteiger charge is -2.25. The standard InChI is InChI=1S/C66H131N2O6P/c1-6-8-10-12-14-16-18-20-22-24-26-28-29-30-31-32-33-34-35-36-37-38-39-40-42-44-46-48-50-52-54-56-58-60-66(70)67-64(63-74-75(71,72)73-62-61-68(3,4)5)65(69)59-57-55-53-51-49-47-45-43-41-27-25-23-21-19-17-15-13-11-9-7-2/h49,51,57,59,64-65,69H,6-48,50,52-56,58,60-63H2,1-5H3,(H-,67,70,71,72)/p+1/b51-49+,59-57+. The van der Waals surface area contributed by atoms with E-state index in [0.717, 1.165) is 38.5 Å². The number of likely N-dealkylation sites (N-methyl/N-ethyl adjacent to an activating group) is 1. The minimum absolute atomic E-state index is 0.0589. The van der Waals surface area contributed by atoms with Crippen LogP contribution < -0.4 is 5.32 Å². The number of hydrogen-bond donors (Lipinski definition) is 3. The van der Waals surface area contributed by atoms with Crippen LogP contribution in [0.3, 0.4) is 0 Å². The number of nitrogens with one attached hydrogen (secondary N) is 1. The second-order valence-electron chi connectivity index (χ2n) is 24.2. The molecule has 0 aliphatic rings. The van der Waals surface area contributed by atoms with Gasteiger partial charge in [-0.2, -0.15) is 0 Å². The van der Waals surface area contributed by atoms with Crippen LogP contribution in [0.1, 0.15) is 341 Å². The molecule has 0 saturated carbocycles. The molecule has 3 N–H and O–H groups in total. The number of phosphoric acid groups is 1. The molecule has 0 spiro atoms. The molecular formula is C66H132N2O6P+. The molecule has 0 aliphatic heterocycles. The van der Waals surface area contributed by atoms with Crippen molar-refractivity contribution in [2.45, 2.75) is 353 Å². The molecule has 0 radical (unpaired) electrons. The largest absolute Gasteiger partial charge is 0.472 e. The van der Waals surface area contributed by atoms with Crippen molar-refractivity contribution in [1.82, 2.24) is 5.32 Å². The van der Waals surface area contributed by atoms with Crippen LogP contribution in [-0.4, -0.2) is 73.4 Å². The number of carbonyl (C=O) groups is 1. The molecule has 0 fully saturated rings. The number of allylic oxidation sites excluding steroid dienone is 3. The number of phosphoric ester groups is 1. The van der Waals surface area contributed by atoms with Gasteiger partial charge < -0.3 is 19.8 Å². The van der Waals surface area contributed by atoms with Gasteiger partial charge in [-0.25, -0.2) is 4.57 Å². The van der Waals surface area contributed by atoms with Crippen molar-refractivity contribution >= 4 is 13.7 Å². The number of amides is 1. The molecule has 8 nitrogen and oxygen atoms in total. The van der Waals surface area contributed by atoms with E-state index in [0.29, 0.717) is 17.4 Å². The van der Waals surface area contributed by atoms with Gasteiger partial charge >= 0.3 is 7.82 Å². The van der Waals surface area contributed by atoms with E-state index in [9.17, 15) is 19.4 Å². The first-order chi connectivity index (χ1) is 36.5. The molecule has 446 valence electrons. The van der Waals surface area contributed by atoms with Crippen LogP contribution >= 0.6 is 7.82 Å². The van der Waals surface area contributed by atoms with Crippen LogP contribution in [0.4, 0.5) is 0 Å². The highest BCUT2D eigenvalue weighted by Gasteiger charge is 2.28. The Kier molecular flexibility index (Phi) is 56.9. The van der Waals surface area contributed by atoms with E-state index < -0.39 is 20.0 Å². The van der Waals surface area contributed by atoms with Gasteiger partial charge in [0.15, 0.2) is 0 Å². The summed E-state index contributed by atoms with van der Waals surface area (Å²) in [5.41, 5.74) is 0. The van der Waals surface area contributed by atoms with E-state index in [1.807, 2.05) is 27.2 Å². The summed E-state index contributed by atoms with van der Waals surface area (Å²) in [6.07, 6.45) is 74.7. The minimum atomic E-state index is -4.36. The quantitative estimate of drug-likeness (QED) is 0.0243. The summed E-state index contributed by atoms with van der Waals surface area (Å²) >= 11 is 0. The fraction of sp³-hybridized carbons (Fsp3) is 0.924. The Morgan fingerprint density at radius 1 is 0.440 bits per heavy atom. The van der Waals surface area contributed by atoms with Gasteiger partial charge in [0.1, 0.15) is 13.2 Å². The topological polar surface area (TPSA) is 105 Å². The van der Waals surface area contributed by atoms with Crippen molar-refractivity contribution in [2.75, 3.05) is 40.9 Å².